The maximum Gasteiger partial charge on any atom is 0.235 e. The first-order chi connectivity index (χ1) is 14.1. The maximum absolute atomic E-state index is 12.8. The lowest BCUT2D eigenvalue weighted by molar-refractivity contribution is -0.127. The summed E-state index contributed by atoms with van der Waals surface area (Å²) in [5.41, 5.74) is 9.28. The minimum atomic E-state index is -0.440. The van der Waals surface area contributed by atoms with Crippen LogP contribution >= 0.6 is 0 Å². The molecule has 3 N–H and O–H groups in total. The van der Waals surface area contributed by atoms with E-state index in [2.05, 4.69) is 35.6 Å². The number of carbonyl (C=O) groups is 2. The van der Waals surface area contributed by atoms with Crippen molar-refractivity contribution in [3.05, 3.63) is 71.3 Å². The molecule has 2 aliphatic rings. The zero-order chi connectivity index (χ0) is 20.3. The van der Waals surface area contributed by atoms with Gasteiger partial charge in [0.15, 0.2) is 0 Å². The Morgan fingerprint density at radius 2 is 1.66 bits per heavy atom. The Kier molecular flexibility index (Phi) is 5.67. The highest BCUT2D eigenvalue weighted by Gasteiger charge is 2.36. The molecule has 0 saturated heterocycles. The Morgan fingerprint density at radius 3 is 2.34 bits per heavy atom. The summed E-state index contributed by atoms with van der Waals surface area (Å²) in [4.78, 5) is 26.7. The van der Waals surface area contributed by atoms with E-state index in [0.29, 0.717) is 19.5 Å². The first-order valence-electron chi connectivity index (χ1n) is 10.5. The number of amides is 2. The lowest BCUT2D eigenvalue weighted by atomic mass is 9.79. The van der Waals surface area contributed by atoms with Crippen LogP contribution in [0.4, 0.5) is 0 Å². The highest BCUT2D eigenvalue weighted by atomic mass is 16.2. The number of hydrogen-bond donors (Lipinski definition) is 2. The number of rotatable bonds is 6. The molecule has 0 bridgehead atoms. The second kappa shape index (κ2) is 8.37. The number of primary amides is 1. The fourth-order valence-electron chi connectivity index (χ4n) is 4.94. The van der Waals surface area contributed by atoms with Gasteiger partial charge in [-0.15, -0.1) is 0 Å². The fourth-order valence-corrected chi connectivity index (χ4v) is 4.94. The van der Waals surface area contributed by atoms with Crippen LogP contribution in [0.1, 0.15) is 42.4 Å². The number of carbonyl (C=O) groups excluding carboxylic acids is 2. The van der Waals surface area contributed by atoms with Crippen LogP contribution in [0.25, 0.3) is 0 Å². The smallest absolute Gasteiger partial charge is 0.235 e. The van der Waals surface area contributed by atoms with Gasteiger partial charge in [-0.2, -0.15) is 0 Å². The number of nitrogens with two attached hydrogens (primary N) is 1. The second-order valence-corrected chi connectivity index (χ2v) is 8.43. The first kappa shape index (κ1) is 19.6. The molecule has 2 amide bonds. The van der Waals surface area contributed by atoms with Crippen LogP contribution in [-0.4, -0.2) is 35.8 Å². The molecule has 1 saturated carbocycles. The van der Waals surface area contributed by atoms with Crippen LogP contribution in [0.5, 0.6) is 0 Å². The molecule has 1 aliphatic carbocycles. The highest BCUT2D eigenvalue weighted by molar-refractivity contribution is 5.83. The third kappa shape index (κ3) is 4.20. The van der Waals surface area contributed by atoms with E-state index < -0.39 is 6.04 Å². The Morgan fingerprint density at radius 1 is 1.00 bits per heavy atom. The Labute approximate surface area is 172 Å². The third-order valence-electron chi connectivity index (χ3n) is 6.59. The number of nitrogens with zero attached hydrogens (tertiary/aromatic N) is 1. The van der Waals surface area contributed by atoms with Gasteiger partial charge < -0.3 is 11.1 Å². The van der Waals surface area contributed by atoms with Crippen molar-refractivity contribution in [2.24, 2.45) is 5.73 Å². The molecular weight excluding hydrogens is 362 g/mol. The van der Waals surface area contributed by atoms with Crippen molar-refractivity contribution in [2.75, 3.05) is 13.1 Å². The molecule has 1 fully saturated rings. The summed E-state index contributed by atoms with van der Waals surface area (Å²) in [6, 6.07) is 18.1. The molecule has 29 heavy (non-hydrogen) atoms. The molecule has 2 aromatic carbocycles. The van der Waals surface area contributed by atoms with Gasteiger partial charge in [0.1, 0.15) is 0 Å². The standard InChI is InChI=1S/C24H29N3O2/c25-23(29)21-14-18-8-4-5-9-19(18)15-27(21)16-22(28)26-17-24(12-6-7-13-24)20-10-2-1-3-11-20/h1-5,8-11,21H,6-7,12-17H2,(H2,25,29)(H,26,28)/t21-/m0/s1. The SMILES string of the molecule is NC(=O)[C@@H]1Cc2ccccc2CN1CC(=O)NCC1(c2ccccc2)CCCC1. The van der Waals surface area contributed by atoms with Crippen LogP contribution in [0.15, 0.2) is 54.6 Å². The van der Waals surface area contributed by atoms with Crippen molar-refractivity contribution >= 4 is 11.8 Å². The van der Waals surface area contributed by atoms with Gasteiger partial charge >= 0.3 is 0 Å². The van der Waals surface area contributed by atoms with E-state index in [1.807, 2.05) is 29.2 Å². The molecule has 1 atom stereocenters. The largest absolute Gasteiger partial charge is 0.368 e. The molecule has 2 aromatic rings. The molecule has 1 aliphatic heterocycles. The molecule has 1 heterocycles. The van der Waals surface area contributed by atoms with Crippen molar-refractivity contribution in [2.45, 2.75) is 50.1 Å². The van der Waals surface area contributed by atoms with E-state index in [4.69, 9.17) is 5.73 Å². The summed E-state index contributed by atoms with van der Waals surface area (Å²) in [5.74, 6) is -0.415. The van der Waals surface area contributed by atoms with Gasteiger partial charge in [0.05, 0.1) is 12.6 Å². The molecule has 5 heteroatoms. The number of fused-ring (bicyclic) bond motifs is 1. The molecule has 0 unspecified atom stereocenters. The lowest BCUT2D eigenvalue weighted by Gasteiger charge is -2.35. The van der Waals surface area contributed by atoms with Crippen molar-refractivity contribution in [3.8, 4) is 0 Å². The van der Waals surface area contributed by atoms with Crippen LogP contribution in [-0.2, 0) is 28.0 Å². The normalized spacial score (nSPS) is 20.8. The molecule has 4 rings (SSSR count). The monoisotopic (exact) mass is 391 g/mol. The molecular formula is C24H29N3O2. The van der Waals surface area contributed by atoms with Gasteiger partial charge in [-0.3, -0.25) is 14.5 Å². The Balaban J connectivity index is 1.43. The van der Waals surface area contributed by atoms with Gasteiger partial charge in [-0.05, 0) is 36.0 Å². The quantitative estimate of drug-likeness (QED) is 0.795. The van der Waals surface area contributed by atoms with Gasteiger partial charge in [-0.25, -0.2) is 0 Å². The van der Waals surface area contributed by atoms with Crippen LogP contribution in [0, 0.1) is 0 Å². The van der Waals surface area contributed by atoms with E-state index in [0.717, 1.165) is 24.0 Å². The predicted octanol–water partition coefficient (Wildman–Crippen LogP) is 2.53. The Hall–Kier alpha value is -2.66. The van der Waals surface area contributed by atoms with Crippen molar-refractivity contribution in [3.63, 3.8) is 0 Å². The van der Waals surface area contributed by atoms with E-state index >= 15 is 0 Å². The summed E-state index contributed by atoms with van der Waals surface area (Å²) >= 11 is 0. The van der Waals surface area contributed by atoms with Crippen molar-refractivity contribution in [1.29, 1.82) is 0 Å². The maximum atomic E-state index is 12.8. The van der Waals surface area contributed by atoms with Crippen molar-refractivity contribution in [1.82, 2.24) is 10.2 Å². The number of hydrogen-bond acceptors (Lipinski definition) is 3. The Bertz CT molecular complexity index is 875. The van der Waals surface area contributed by atoms with Gasteiger partial charge in [-0.1, -0.05) is 67.4 Å². The zero-order valence-electron chi connectivity index (χ0n) is 16.8. The summed E-state index contributed by atoms with van der Waals surface area (Å²) in [6.07, 6.45) is 5.14. The van der Waals surface area contributed by atoms with Gasteiger partial charge in [0, 0.05) is 18.5 Å². The average molecular weight is 392 g/mol. The summed E-state index contributed by atoms with van der Waals surface area (Å²) in [5, 5.41) is 3.16. The summed E-state index contributed by atoms with van der Waals surface area (Å²) < 4.78 is 0. The first-order valence-corrected chi connectivity index (χ1v) is 10.5. The highest BCUT2D eigenvalue weighted by Crippen LogP contribution is 2.40. The minimum Gasteiger partial charge on any atom is -0.368 e. The van der Waals surface area contributed by atoms with Gasteiger partial charge in [0.25, 0.3) is 0 Å². The van der Waals surface area contributed by atoms with E-state index in [1.165, 1.54) is 18.4 Å². The van der Waals surface area contributed by atoms with Crippen LogP contribution in [0.2, 0.25) is 0 Å². The summed E-state index contributed by atoms with van der Waals surface area (Å²) in [7, 11) is 0. The topological polar surface area (TPSA) is 75.4 Å². The fraction of sp³-hybridized carbons (Fsp3) is 0.417. The number of benzene rings is 2. The molecule has 0 spiro atoms. The average Bonchev–Trinajstić information content (AvgIpc) is 3.22. The van der Waals surface area contributed by atoms with Crippen LogP contribution < -0.4 is 11.1 Å². The zero-order valence-corrected chi connectivity index (χ0v) is 16.8. The van der Waals surface area contributed by atoms with Gasteiger partial charge in [0.2, 0.25) is 11.8 Å². The summed E-state index contributed by atoms with van der Waals surface area (Å²) in [6.45, 7) is 1.40. The van der Waals surface area contributed by atoms with E-state index in [1.54, 1.807) is 0 Å². The van der Waals surface area contributed by atoms with E-state index in [-0.39, 0.29) is 23.8 Å². The number of nitrogens with one attached hydrogen (secondary N) is 1. The molecule has 0 radical (unpaired) electrons. The molecule has 0 aromatic heterocycles. The minimum absolute atomic E-state index is 0.0223. The third-order valence-corrected chi connectivity index (χ3v) is 6.59. The molecule has 5 nitrogen and oxygen atoms in total. The predicted molar refractivity (Wildman–Crippen MR) is 113 cm³/mol. The molecule has 152 valence electrons. The second-order valence-electron chi connectivity index (χ2n) is 8.43. The van der Waals surface area contributed by atoms with Crippen LogP contribution in [0.3, 0.4) is 0 Å². The lowest BCUT2D eigenvalue weighted by Crippen LogP contribution is -2.52. The van der Waals surface area contributed by atoms with E-state index in [9.17, 15) is 9.59 Å². The van der Waals surface area contributed by atoms with Crippen molar-refractivity contribution < 1.29 is 9.59 Å².